The molecule has 0 aromatic carbocycles. The lowest BCUT2D eigenvalue weighted by Gasteiger charge is -2.23. The van der Waals surface area contributed by atoms with Gasteiger partial charge in [0.25, 0.3) is 0 Å². The Morgan fingerprint density at radius 1 is 1.21 bits per heavy atom. The average Bonchev–Trinajstić information content (AvgIpc) is 2.13. The molecule has 14 heavy (non-hydrogen) atoms. The van der Waals surface area contributed by atoms with Crippen molar-refractivity contribution in [3.8, 4) is 0 Å². The second-order valence-electron chi connectivity index (χ2n) is 4.12. The monoisotopic (exact) mass is 203 g/mol. The van der Waals surface area contributed by atoms with E-state index in [-0.39, 0.29) is 0 Å². The Balaban J connectivity index is 3.61. The molecule has 0 amide bonds. The molecule has 0 heterocycles. The van der Waals surface area contributed by atoms with E-state index in [4.69, 9.17) is 9.84 Å². The molecule has 0 aliphatic rings. The number of unbranched alkanes of at least 4 members (excludes halogenated alkanes) is 1. The Kier molecular flexibility index (Phi) is 9.35. The second kappa shape index (κ2) is 9.44. The van der Waals surface area contributed by atoms with Crippen LogP contribution >= 0.6 is 0 Å². The summed E-state index contributed by atoms with van der Waals surface area (Å²) in [6.07, 6.45) is 1.98. The molecule has 3 nitrogen and oxygen atoms in total. The highest BCUT2D eigenvalue weighted by Gasteiger charge is 2.06. The van der Waals surface area contributed by atoms with Gasteiger partial charge in [0, 0.05) is 26.8 Å². The van der Waals surface area contributed by atoms with Gasteiger partial charge in [-0.3, -0.25) is 0 Å². The van der Waals surface area contributed by atoms with E-state index in [1.807, 2.05) is 0 Å². The molecule has 0 aromatic rings. The Labute approximate surface area is 88.1 Å². The first-order valence-electron chi connectivity index (χ1n) is 5.52. The van der Waals surface area contributed by atoms with Crippen LogP contribution in [-0.2, 0) is 4.74 Å². The predicted molar refractivity (Wildman–Crippen MR) is 59.5 cm³/mol. The zero-order chi connectivity index (χ0) is 10.8. The van der Waals surface area contributed by atoms with Gasteiger partial charge in [-0.2, -0.15) is 0 Å². The lowest BCUT2D eigenvalue weighted by Crippen LogP contribution is -2.32. The van der Waals surface area contributed by atoms with Crippen LogP contribution in [0.4, 0.5) is 0 Å². The number of aliphatic hydroxyl groups is 1. The van der Waals surface area contributed by atoms with Crippen molar-refractivity contribution < 1.29 is 9.84 Å². The number of hydrogen-bond acceptors (Lipinski definition) is 3. The van der Waals surface area contributed by atoms with E-state index in [1.165, 1.54) is 0 Å². The summed E-state index contributed by atoms with van der Waals surface area (Å²) in [4.78, 5) is 2.41. The Hall–Kier alpha value is -0.120. The normalized spacial score (nSPS) is 11.6. The van der Waals surface area contributed by atoms with E-state index in [0.29, 0.717) is 12.5 Å². The summed E-state index contributed by atoms with van der Waals surface area (Å²) in [7, 11) is 1.74. The van der Waals surface area contributed by atoms with Crippen LogP contribution in [0.1, 0.15) is 26.7 Å². The minimum absolute atomic E-state index is 0.305. The highest BCUT2D eigenvalue weighted by molar-refractivity contribution is 4.60. The minimum Gasteiger partial charge on any atom is -0.396 e. The largest absolute Gasteiger partial charge is 0.396 e. The molecule has 0 spiro atoms. The van der Waals surface area contributed by atoms with Crippen molar-refractivity contribution >= 4 is 0 Å². The molecule has 86 valence electrons. The van der Waals surface area contributed by atoms with Gasteiger partial charge in [0.15, 0.2) is 0 Å². The van der Waals surface area contributed by atoms with E-state index >= 15 is 0 Å². The highest BCUT2D eigenvalue weighted by atomic mass is 16.5. The van der Waals surface area contributed by atoms with E-state index < -0.39 is 0 Å². The number of nitrogens with zero attached hydrogens (tertiary/aromatic N) is 1. The van der Waals surface area contributed by atoms with Crippen LogP contribution in [0.5, 0.6) is 0 Å². The van der Waals surface area contributed by atoms with Gasteiger partial charge in [0.1, 0.15) is 0 Å². The molecule has 0 bridgehead atoms. The smallest absolute Gasteiger partial charge is 0.0589 e. The standard InChI is InChI=1S/C11H25NO2/c1-11(2)10-12(7-9-14-3)6-4-5-8-13/h11,13H,4-10H2,1-3H3. The molecule has 0 saturated heterocycles. The third kappa shape index (κ3) is 8.48. The molecule has 0 fully saturated rings. The zero-order valence-electron chi connectivity index (χ0n) is 9.83. The lowest BCUT2D eigenvalue weighted by atomic mass is 10.2. The first kappa shape index (κ1) is 13.9. The quantitative estimate of drug-likeness (QED) is 0.574. The van der Waals surface area contributed by atoms with Gasteiger partial charge in [-0.1, -0.05) is 13.8 Å². The number of ether oxygens (including phenoxy) is 1. The molecular weight excluding hydrogens is 178 g/mol. The average molecular weight is 203 g/mol. The number of aliphatic hydroxyl groups excluding tert-OH is 1. The molecular formula is C11H25NO2. The minimum atomic E-state index is 0.305. The SMILES string of the molecule is COCCN(CCCCO)CC(C)C. The van der Waals surface area contributed by atoms with E-state index in [0.717, 1.165) is 39.1 Å². The molecule has 3 heteroatoms. The van der Waals surface area contributed by atoms with Gasteiger partial charge in [-0.05, 0) is 25.3 Å². The lowest BCUT2D eigenvalue weighted by molar-refractivity contribution is 0.137. The molecule has 0 aliphatic carbocycles. The van der Waals surface area contributed by atoms with Crippen molar-refractivity contribution in [1.82, 2.24) is 4.90 Å². The summed E-state index contributed by atoms with van der Waals surface area (Å²) in [5.74, 6) is 0.695. The van der Waals surface area contributed by atoms with Crippen molar-refractivity contribution in [2.24, 2.45) is 5.92 Å². The molecule has 0 saturated carbocycles. The molecule has 0 atom stereocenters. The number of methoxy groups -OCH3 is 1. The van der Waals surface area contributed by atoms with E-state index in [2.05, 4.69) is 18.7 Å². The van der Waals surface area contributed by atoms with Gasteiger partial charge in [-0.25, -0.2) is 0 Å². The van der Waals surface area contributed by atoms with Crippen molar-refractivity contribution in [3.63, 3.8) is 0 Å². The molecule has 0 aliphatic heterocycles. The number of hydrogen-bond donors (Lipinski definition) is 1. The maximum Gasteiger partial charge on any atom is 0.0589 e. The molecule has 0 unspecified atom stereocenters. The van der Waals surface area contributed by atoms with Crippen LogP contribution in [-0.4, -0.2) is 50.0 Å². The zero-order valence-corrected chi connectivity index (χ0v) is 9.83. The van der Waals surface area contributed by atoms with Crippen LogP contribution in [0, 0.1) is 5.92 Å². The molecule has 0 radical (unpaired) electrons. The summed E-state index contributed by atoms with van der Waals surface area (Å²) in [6.45, 7) is 8.75. The van der Waals surface area contributed by atoms with Crippen molar-refractivity contribution in [2.45, 2.75) is 26.7 Å². The summed E-state index contributed by atoms with van der Waals surface area (Å²) >= 11 is 0. The first-order chi connectivity index (χ1) is 6.70. The Bertz CT molecular complexity index is 118. The van der Waals surface area contributed by atoms with Crippen LogP contribution in [0.15, 0.2) is 0 Å². The third-order valence-electron chi connectivity index (χ3n) is 2.12. The van der Waals surface area contributed by atoms with Gasteiger partial charge in [0.05, 0.1) is 6.61 Å². The van der Waals surface area contributed by atoms with Crippen LogP contribution in [0.3, 0.4) is 0 Å². The van der Waals surface area contributed by atoms with Gasteiger partial charge < -0.3 is 14.7 Å². The van der Waals surface area contributed by atoms with Gasteiger partial charge >= 0.3 is 0 Å². The second-order valence-corrected chi connectivity index (χ2v) is 4.12. The van der Waals surface area contributed by atoms with Gasteiger partial charge in [0.2, 0.25) is 0 Å². The third-order valence-corrected chi connectivity index (χ3v) is 2.12. The van der Waals surface area contributed by atoms with Crippen LogP contribution in [0.2, 0.25) is 0 Å². The number of rotatable bonds is 9. The highest BCUT2D eigenvalue weighted by Crippen LogP contribution is 2.01. The van der Waals surface area contributed by atoms with Crippen LogP contribution in [0.25, 0.3) is 0 Å². The molecule has 1 N–H and O–H groups in total. The van der Waals surface area contributed by atoms with Crippen molar-refractivity contribution in [3.05, 3.63) is 0 Å². The van der Waals surface area contributed by atoms with Crippen molar-refractivity contribution in [1.29, 1.82) is 0 Å². The maximum absolute atomic E-state index is 8.69. The fourth-order valence-corrected chi connectivity index (χ4v) is 1.48. The Morgan fingerprint density at radius 2 is 1.93 bits per heavy atom. The fraction of sp³-hybridized carbons (Fsp3) is 1.00. The predicted octanol–water partition coefficient (Wildman–Crippen LogP) is 1.36. The van der Waals surface area contributed by atoms with E-state index in [1.54, 1.807) is 7.11 Å². The van der Waals surface area contributed by atoms with Gasteiger partial charge in [-0.15, -0.1) is 0 Å². The summed E-state index contributed by atoms with van der Waals surface area (Å²) in [5, 5.41) is 8.69. The first-order valence-corrected chi connectivity index (χ1v) is 5.52. The Morgan fingerprint density at radius 3 is 2.43 bits per heavy atom. The van der Waals surface area contributed by atoms with Crippen molar-refractivity contribution in [2.75, 3.05) is 40.0 Å². The van der Waals surface area contributed by atoms with Crippen LogP contribution < -0.4 is 0 Å². The maximum atomic E-state index is 8.69. The summed E-state index contributed by atoms with van der Waals surface area (Å²) in [5.41, 5.74) is 0. The summed E-state index contributed by atoms with van der Waals surface area (Å²) in [6, 6.07) is 0. The summed E-state index contributed by atoms with van der Waals surface area (Å²) < 4.78 is 5.07. The van der Waals surface area contributed by atoms with E-state index in [9.17, 15) is 0 Å². The molecule has 0 rings (SSSR count). The molecule has 0 aromatic heterocycles. The fourth-order valence-electron chi connectivity index (χ4n) is 1.48. The topological polar surface area (TPSA) is 32.7 Å².